The molecule has 2 aromatic rings. The summed E-state index contributed by atoms with van der Waals surface area (Å²) in [7, 11) is 0. The average Bonchev–Trinajstić information content (AvgIpc) is 3.24. The first kappa shape index (κ1) is 28.0. The second-order valence-electron chi connectivity index (χ2n) is 10.2. The van der Waals surface area contributed by atoms with E-state index in [0.29, 0.717) is 37.4 Å². The van der Waals surface area contributed by atoms with Crippen LogP contribution in [0.25, 0.3) is 0 Å². The Kier molecular flexibility index (Phi) is 9.55. The van der Waals surface area contributed by atoms with Crippen molar-refractivity contribution < 1.29 is 23.9 Å². The van der Waals surface area contributed by atoms with E-state index >= 15 is 0 Å². The van der Waals surface area contributed by atoms with Gasteiger partial charge in [-0.3, -0.25) is 14.5 Å². The van der Waals surface area contributed by atoms with Crippen LogP contribution < -0.4 is 20.3 Å². The molecule has 3 rings (SSSR count). The Bertz CT molecular complexity index is 1080. The summed E-state index contributed by atoms with van der Waals surface area (Å²) in [6.07, 6.45) is 1.86. The summed E-state index contributed by atoms with van der Waals surface area (Å²) in [4.78, 5) is 40.8. The number of hydrogen-bond acceptors (Lipinski definition) is 5. The Morgan fingerprint density at radius 3 is 2.46 bits per heavy atom. The van der Waals surface area contributed by atoms with Crippen molar-refractivity contribution >= 4 is 23.6 Å². The molecule has 2 aromatic carbocycles. The smallest absolute Gasteiger partial charge is 0.408 e. The summed E-state index contributed by atoms with van der Waals surface area (Å²) in [5.74, 6) is 0.110. The Balaban J connectivity index is 1.83. The SMILES string of the molecule is CCCCNC(=O)[C@H]1Cc2cc(OCc3ccccc3)ccc2N1C(=O)[C@H](CC)NC(=O)OC(C)(C)C. The van der Waals surface area contributed by atoms with E-state index in [9.17, 15) is 14.4 Å². The molecule has 3 amide bonds. The molecule has 2 atom stereocenters. The Morgan fingerprint density at radius 2 is 1.81 bits per heavy atom. The highest BCUT2D eigenvalue weighted by molar-refractivity contribution is 6.06. The highest BCUT2D eigenvalue weighted by Crippen LogP contribution is 2.36. The van der Waals surface area contributed by atoms with Gasteiger partial charge in [0, 0.05) is 18.7 Å². The summed E-state index contributed by atoms with van der Waals surface area (Å²) in [5.41, 5.74) is 1.86. The largest absolute Gasteiger partial charge is 0.489 e. The Labute approximate surface area is 219 Å². The first-order valence-corrected chi connectivity index (χ1v) is 13.0. The third-order valence-electron chi connectivity index (χ3n) is 6.05. The van der Waals surface area contributed by atoms with Gasteiger partial charge in [0.1, 0.15) is 30.0 Å². The number of ether oxygens (including phenoxy) is 2. The predicted molar refractivity (Wildman–Crippen MR) is 144 cm³/mol. The molecule has 0 unspecified atom stereocenters. The van der Waals surface area contributed by atoms with Crippen molar-refractivity contribution in [1.29, 1.82) is 0 Å². The summed E-state index contributed by atoms with van der Waals surface area (Å²) in [5, 5.41) is 5.64. The van der Waals surface area contributed by atoms with Gasteiger partial charge in [-0.15, -0.1) is 0 Å². The van der Waals surface area contributed by atoms with Crippen LogP contribution in [-0.2, 0) is 27.4 Å². The third kappa shape index (κ3) is 7.71. The number of alkyl carbamates (subject to hydrolysis) is 1. The van der Waals surface area contributed by atoms with Gasteiger partial charge < -0.3 is 20.1 Å². The quantitative estimate of drug-likeness (QED) is 0.451. The van der Waals surface area contributed by atoms with E-state index in [1.807, 2.05) is 55.5 Å². The fraction of sp³-hybridized carbons (Fsp3) is 0.483. The average molecular weight is 510 g/mol. The summed E-state index contributed by atoms with van der Waals surface area (Å²) in [6.45, 7) is 10.1. The summed E-state index contributed by atoms with van der Waals surface area (Å²) >= 11 is 0. The first-order chi connectivity index (χ1) is 17.6. The molecule has 0 radical (unpaired) electrons. The van der Waals surface area contributed by atoms with Gasteiger partial charge in [-0.2, -0.15) is 0 Å². The standard InChI is InChI=1S/C29H39N3O5/c1-6-8-16-30-26(33)25-18-21-17-22(36-19-20-12-10-9-11-13-20)14-15-24(21)32(25)27(34)23(7-2)31-28(35)37-29(3,4)5/h9-15,17,23,25H,6-8,16,18-19H2,1-5H3,(H,30,33)(H,31,35)/t23-,25+/m0/s1. The van der Waals surface area contributed by atoms with Crippen LogP contribution in [0.5, 0.6) is 5.75 Å². The van der Waals surface area contributed by atoms with Gasteiger partial charge in [-0.25, -0.2) is 4.79 Å². The minimum Gasteiger partial charge on any atom is -0.489 e. The molecular weight excluding hydrogens is 470 g/mol. The molecule has 1 aliphatic rings. The number of fused-ring (bicyclic) bond motifs is 1. The molecule has 0 aliphatic carbocycles. The maximum Gasteiger partial charge on any atom is 0.408 e. The van der Waals surface area contributed by atoms with Crippen LogP contribution in [0.3, 0.4) is 0 Å². The lowest BCUT2D eigenvalue weighted by Crippen LogP contribution is -2.55. The number of carbonyl (C=O) groups excluding carboxylic acids is 3. The zero-order chi connectivity index (χ0) is 27.0. The molecule has 8 heteroatoms. The zero-order valence-electron chi connectivity index (χ0n) is 22.5. The minimum absolute atomic E-state index is 0.211. The number of anilines is 1. The van der Waals surface area contributed by atoms with Crippen LogP contribution in [0.1, 0.15) is 65.0 Å². The van der Waals surface area contributed by atoms with Crippen molar-refractivity contribution in [3.8, 4) is 5.75 Å². The van der Waals surface area contributed by atoms with E-state index in [-0.39, 0.29) is 11.8 Å². The molecule has 8 nitrogen and oxygen atoms in total. The highest BCUT2D eigenvalue weighted by Gasteiger charge is 2.41. The van der Waals surface area contributed by atoms with Crippen LogP contribution in [0.15, 0.2) is 48.5 Å². The lowest BCUT2D eigenvalue weighted by Gasteiger charge is -2.29. The molecule has 0 bridgehead atoms. The van der Waals surface area contributed by atoms with Gasteiger partial charge >= 0.3 is 6.09 Å². The number of unbranched alkanes of at least 4 members (excludes halogenated alkanes) is 1. The summed E-state index contributed by atoms with van der Waals surface area (Å²) < 4.78 is 11.3. The molecule has 37 heavy (non-hydrogen) atoms. The summed E-state index contributed by atoms with van der Waals surface area (Å²) in [6, 6.07) is 13.8. The number of benzene rings is 2. The zero-order valence-corrected chi connectivity index (χ0v) is 22.5. The predicted octanol–water partition coefficient (Wildman–Crippen LogP) is 4.74. The number of nitrogens with one attached hydrogen (secondary N) is 2. The van der Waals surface area contributed by atoms with Crippen LogP contribution in [0.4, 0.5) is 10.5 Å². The third-order valence-corrected chi connectivity index (χ3v) is 6.05. The van der Waals surface area contributed by atoms with Crippen molar-refractivity contribution in [2.24, 2.45) is 0 Å². The van der Waals surface area contributed by atoms with E-state index in [4.69, 9.17) is 9.47 Å². The molecule has 0 fully saturated rings. The molecular formula is C29H39N3O5. The Hall–Kier alpha value is -3.55. The lowest BCUT2D eigenvalue weighted by molar-refractivity contribution is -0.127. The van der Waals surface area contributed by atoms with Gasteiger partial charge in [-0.1, -0.05) is 50.6 Å². The van der Waals surface area contributed by atoms with Gasteiger partial charge in [-0.05, 0) is 62.9 Å². The number of nitrogens with zero attached hydrogens (tertiary/aromatic N) is 1. The molecule has 0 saturated carbocycles. The number of carbonyl (C=O) groups is 3. The minimum atomic E-state index is -0.833. The number of amides is 3. The molecule has 0 aromatic heterocycles. The van der Waals surface area contributed by atoms with E-state index in [0.717, 1.165) is 24.0 Å². The topological polar surface area (TPSA) is 97.0 Å². The van der Waals surface area contributed by atoms with Gasteiger partial charge in [0.25, 0.3) is 0 Å². The van der Waals surface area contributed by atoms with Gasteiger partial charge in [0.15, 0.2) is 0 Å². The number of hydrogen-bond donors (Lipinski definition) is 2. The van der Waals surface area contributed by atoms with Gasteiger partial charge in [0.2, 0.25) is 11.8 Å². The number of rotatable bonds is 10. The van der Waals surface area contributed by atoms with Crippen LogP contribution in [0, 0.1) is 0 Å². The maximum atomic E-state index is 13.7. The highest BCUT2D eigenvalue weighted by atomic mass is 16.6. The maximum absolute atomic E-state index is 13.7. The van der Waals surface area contributed by atoms with Gasteiger partial charge in [0.05, 0.1) is 0 Å². The molecule has 2 N–H and O–H groups in total. The van der Waals surface area contributed by atoms with Crippen molar-refractivity contribution in [1.82, 2.24) is 10.6 Å². The van der Waals surface area contributed by atoms with Crippen LogP contribution >= 0.6 is 0 Å². The van der Waals surface area contributed by atoms with E-state index in [1.54, 1.807) is 20.8 Å². The Morgan fingerprint density at radius 1 is 1.08 bits per heavy atom. The van der Waals surface area contributed by atoms with E-state index in [1.165, 1.54) is 4.90 Å². The monoisotopic (exact) mass is 509 g/mol. The van der Waals surface area contributed by atoms with Crippen molar-refractivity contribution in [3.63, 3.8) is 0 Å². The lowest BCUT2D eigenvalue weighted by atomic mass is 10.1. The van der Waals surface area contributed by atoms with Crippen molar-refractivity contribution in [2.45, 2.75) is 84.6 Å². The molecule has 1 heterocycles. The van der Waals surface area contributed by atoms with Crippen molar-refractivity contribution in [2.75, 3.05) is 11.4 Å². The first-order valence-electron chi connectivity index (χ1n) is 13.0. The van der Waals surface area contributed by atoms with Crippen LogP contribution in [0.2, 0.25) is 0 Å². The fourth-order valence-electron chi connectivity index (χ4n) is 4.20. The second kappa shape index (κ2) is 12.6. The molecule has 1 aliphatic heterocycles. The second-order valence-corrected chi connectivity index (χ2v) is 10.2. The fourth-order valence-corrected chi connectivity index (χ4v) is 4.20. The van der Waals surface area contributed by atoms with E-state index < -0.39 is 23.8 Å². The van der Waals surface area contributed by atoms with Crippen LogP contribution in [-0.4, -0.2) is 42.1 Å². The molecule has 0 saturated heterocycles. The molecule has 0 spiro atoms. The normalized spacial score (nSPS) is 15.5. The van der Waals surface area contributed by atoms with Crippen molar-refractivity contribution in [3.05, 3.63) is 59.7 Å². The van der Waals surface area contributed by atoms with E-state index in [2.05, 4.69) is 17.6 Å². The molecule has 200 valence electrons.